The minimum absolute atomic E-state index is 0.0448. The lowest BCUT2D eigenvalue weighted by molar-refractivity contribution is 0.404. The largest absolute Gasteiger partial charge is 0.496 e. The highest BCUT2D eigenvalue weighted by atomic mass is 19.1. The van der Waals surface area contributed by atoms with Gasteiger partial charge in [0.25, 0.3) is 0 Å². The van der Waals surface area contributed by atoms with Gasteiger partial charge in [0.2, 0.25) is 0 Å². The van der Waals surface area contributed by atoms with Crippen LogP contribution in [0.4, 0.5) is 4.39 Å². The summed E-state index contributed by atoms with van der Waals surface area (Å²) >= 11 is 0. The molecule has 0 saturated carbocycles. The third-order valence-corrected chi connectivity index (χ3v) is 3.85. The monoisotopic (exact) mass is 287 g/mol. The summed E-state index contributed by atoms with van der Waals surface area (Å²) < 4.78 is 19.3. The van der Waals surface area contributed by atoms with Crippen LogP contribution in [0.25, 0.3) is 0 Å². The second kappa shape index (κ2) is 7.23. The van der Waals surface area contributed by atoms with Gasteiger partial charge in [0, 0.05) is 5.92 Å². The Labute approximate surface area is 125 Å². The van der Waals surface area contributed by atoms with Gasteiger partial charge in [-0.2, -0.15) is 0 Å². The normalized spacial score (nSPS) is 12.2. The minimum atomic E-state index is -0.179. The van der Waals surface area contributed by atoms with Gasteiger partial charge in [-0.25, -0.2) is 4.39 Å². The molecule has 0 aromatic heterocycles. The van der Waals surface area contributed by atoms with Crippen LogP contribution >= 0.6 is 0 Å². The van der Waals surface area contributed by atoms with E-state index >= 15 is 0 Å². The Morgan fingerprint density at radius 3 is 2.57 bits per heavy atom. The van der Waals surface area contributed by atoms with E-state index in [1.165, 1.54) is 11.6 Å². The van der Waals surface area contributed by atoms with E-state index in [2.05, 4.69) is 19.1 Å². The van der Waals surface area contributed by atoms with Crippen molar-refractivity contribution < 1.29 is 9.13 Å². The molecule has 0 aliphatic heterocycles. The number of hydrogen-bond donors (Lipinski definition) is 1. The molecule has 0 amide bonds. The molecular formula is C18H22FNO. The van der Waals surface area contributed by atoms with Gasteiger partial charge in [-0.15, -0.1) is 0 Å². The van der Waals surface area contributed by atoms with Crippen LogP contribution in [-0.2, 0) is 12.8 Å². The standard InChI is InChI=1S/C18H22FNO/c1-3-13-8-9-18(21-2)16(10-13)15(12-20)11-14-6-4-5-7-17(14)19/h4-10,15H,3,11-12,20H2,1-2H3. The van der Waals surface area contributed by atoms with Gasteiger partial charge in [0.05, 0.1) is 7.11 Å². The van der Waals surface area contributed by atoms with Crippen LogP contribution in [0.3, 0.4) is 0 Å². The van der Waals surface area contributed by atoms with Crippen molar-refractivity contribution in [2.45, 2.75) is 25.7 Å². The first-order valence-electron chi connectivity index (χ1n) is 7.29. The van der Waals surface area contributed by atoms with Crippen LogP contribution in [0.1, 0.15) is 29.5 Å². The number of halogens is 1. The minimum Gasteiger partial charge on any atom is -0.496 e. The fourth-order valence-electron chi connectivity index (χ4n) is 2.57. The molecule has 0 spiro atoms. The molecule has 3 heteroatoms. The number of methoxy groups -OCH3 is 1. The summed E-state index contributed by atoms with van der Waals surface area (Å²) in [6.45, 7) is 2.57. The summed E-state index contributed by atoms with van der Waals surface area (Å²) in [5.41, 5.74) is 8.92. The molecule has 1 atom stereocenters. The van der Waals surface area contributed by atoms with E-state index in [1.54, 1.807) is 13.2 Å². The van der Waals surface area contributed by atoms with E-state index in [0.29, 0.717) is 18.5 Å². The maximum absolute atomic E-state index is 13.9. The number of hydrogen-bond acceptors (Lipinski definition) is 2. The van der Waals surface area contributed by atoms with Crippen LogP contribution in [0.2, 0.25) is 0 Å². The lowest BCUT2D eigenvalue weighted by atomic mass is 9.89. The number of benzene rings is 2. The SMILES string of the molecule is CCc1ccc(OC)c(C(CN)Cc2ccccc2F)c1. The Morgan fingerprint density at radius 2 is 1.95 bits per heavy atom. The summed E-state index contributed by atoms with van der Waals surface area (Å²) in [5.74, 6) is 0.684. The average Bonchev–Trinajstić information content (AvgIpc) is 2.53. The topological polar surface area (TPSA) is 35.2 Å². The number of rotatable bonds is 6. The molecule has 0 aliphatic rings. The molecule has 2 rings (SSSR count). The van der Waals surface area contributed by atoms with E-state index in [-0.39, 0.29) is 11.7 Å². The lowest BCUT2D eigenvalue weighted by Crippen LogP contribution is -2.17. The van der Waals surface area contributed by atoms with Crippen molar-refractivity contribution in [1.82, 2.24) is 0 Å². The zero-order chi connectivity index (χ0) is 15.2. The Kier molecular flexibility index (Phi) is 5.34. The lowest BCUT2D eigenvalue weighted by Gasteiger charge is -2.19. The molecule has 0 heterocycles. The van der Waals surface area contributed by atoms with Gasteiger partial charge in [0.15, 0.2) is 0 Å². The third-order valence-electron chi connectivity index (χ3n) is 3.85. The molecule has 2 aromatic rings. The molecule has 1 unspecified atom stereocenters. The molecule has 21 heavy (non-hydrogen) atoms. The molecule has 2 aromatic carbocycles. The maximum atomic E-state index is 13.9. The summed E-state index contributed by atoms with van der Waals surface area (Å²) in [6.07, 6.45) is 1.53. The Balaban J connectivity index is 2.34. The second-order valence-corrected chi connectivity index (χ2v) is 5.16. The Morgan fingerprint density at radius 1 is 1.19 bits per heavy atom. The molecule has 0 bridgehead atoms. The molecule has 0 aliphatic carbocycles. The number of ether oxygens (including phenoxy) is 1. The predicted molar refractivity (Wildman–Crippen MR) is 84.3 cm³/mol. The van der Waals surface area contributed by atoms with Gasteiger partial charge < -0.3 is 10.5 Å². The quantitative estimate of drug-likeness (QED) is 0.879. The highest BCUT2D eigenvalue weighted by Crippen LogP contribution is 2.30. The molecule has 112 valence electrons. The van der Waals surface area contributed by atoms with Crippen molar-refractivity contribution in [2.75, 3.05) is 13.7 Å². The van der Waals surface area contributed by atoms with Crippen molar-refractivity contribution >= 4 is 0 Å². The first-order chi connectivity index (χ1) is 10.2. The summed E-state index contributed by atoms with van der Waals surface area (Å²) in [7, 11) is 1.65. The predicted octanol–water partition coefficient (Wildman–Crippen LogP) is 3.68. The van der Waals surface area contributed by atoms with Crippen molar-refractivity contribution in [3.63, 3.8) is 0 Å². The molecule has 0 saturated heterocycles. The zero-order valence-electron chi connectivity index (χ0n) is 12.6. The summed E-state index contributed by atoms with van der Waals surface area (Å²) in [4.78, 5) is 0. The molecule has 2 N–H and O–H groups in total. The molecular weight excluding hydrogens is 265 g/mol. The van der Waals surface area contributed by atoms with Crippen LogP contribution in [0, 0.1) is 5.82 Å². The number of nitrogens with two attached hydrogens (primary N) is 1. The molecule has 0 fully saturated rings. The molecule has 0 radical (unpaired) electrons. The van der Waals surface area contributed by atoms with Crippen molar-refractivity contribution in [3.8, 4) is 5.75 Å². The van der Waals surface area contributed by atoms with Gasteiger partial charge in [-0.1, -0.05) is 37.3 Å². The number of aryl methyl sites for hydroxylation is 1. The van der Waals surface area contributed by atoms with E-state index in [9.17, 15) is 4.39 Å². The Hall–Kier alpha value is -1.87. The van der Waals surface area contributed by atoms with Gasteiger partial charge >= 0.3 is 0 Å². The summed E-state index contributed by atoms with van der Waals surface area (Å²) in [6, 6.07) is 13.0. The first kappa shape index (κ1) is 15.5. The smallest absolute Gasteiger partial charge is 0.126 e. The first-order valence-corrected chi connectivity index (χ1v) is 7.29. The van der Waals surface area contributed by atoms with Crippen LogP contribution in [-0.4, -0.2) is 13.7 Å². The van der Waals surface area contributed by atoms with Gasteiger partial charge in [-0.3, -0.25) is 0 Å². The average molecular weight is 287 g/mol. The van der Waals surface area contributed by atoms with Crippen LogP contribution in [0.15, 0.2) is 42.5 Å². The molecule has 2 nitrogen and oxygen atoms in total. The second-order valence-electron chi connectivity index (χ2n) is 5.16. The third kappa shape index (κ3) is 3.61. The van der Waals surface area contributed by atoms with Gasteiger partial charge in [0.1, 0.15) is 11.6 Å². The van der Waals surface area contributed by atoms with Crippen molar-refractivity contribution in [2.24, 2.45) is 5.73 Å². The van der Waals surface area contributed by atoms with Crippen molar-refractivity contribution in [1.29, 1.82) is 0 Å². The van der Waals surface area contributed by atoms with E-state index in [0.717, 1.165) is 17.7 Å². The fraction of sp³-hybridized carbons (Fsp3) is 0.333. The highest BCUT2D eigenvalue weighted by Gasteiger charge is 2.17. The van der Waals surface area contributed by atoms with E-state index in [1.807, 2.05) is 18.2 Å². The Bertz CT molecular complexity index is 598. The fourth-order valence-corrected chi connectivity index (χ4v) is 2.57. The maximum Gasteiger partial charge on any atom is 0.126 e. The van der Waals surface area contributed by atoms with E-state index in [4.69, 9.17) is 10.5 Å². The van der Waals surface area contributed by atoms with Crippen LogP contribution < -0.4 is 10.5 Å². The van der Waals surface area contributed by atoms with Crippen LogP contribution in [0.5, 0.6) is 5.75 Å². The van der Waals surface area contributed by atoms with Crippen molar-refractivity contribution in [3.05, 3.63) is 65.0 Å². The zero-order valence-corrected chi connectivity index (χ0v) is 12.6. The van der Waals surface area contributed by atoms with E-state index < -0.39 is 0 Å². The highest BCUT2D eigenvalue weighted by molar-refractivity contribution is 5.41. The van der Waals surface area contributed by atoms with Gasteiger partial charge in [-0.05, 0) is 48.2 Å². The summed E-state index contributed by atoms with van der Waals surface area (Å²) in [5, 5.41) is 0.